The summed E-state index contributed by atoms with van der Waals surface area (Å²) in [5, 5.41) is 0. The summed E-state index contributed by atoms with van der Waals surface area (Å²) in [6.45, 7) is 0.888. The number of halogens is 1. The van der Waals surface area contributed by atoms with Gasteiger partial charge in [-0.3, -0.25) is 0 Å². The van der Waals surface area contributed by atoms with Crippen LogP contribution in [0.4, 0.5) is 4.39 Å². The molecule has 0 saturated carbocycles. The molecule has 26 heavy (non-hydrogen) atoms. The second-order valence-corrected chi connectivity index (χ2v) is 7.44. The fourth-order valence-electron chi connectivity index (χ4n) is 2.37. The molecule has 0 fully saturated rings. The van der Waals surface area contributed by atoms with Crippen molar-refractivity contribution in [2.75, 3.05) is 0 Å². The van der Waals surface area contributed by atoms with Crippen LogP contribution in [0.15, 0.2) is 76.2 Å². The minimum absolute atomic E-state index is 0.0248. The van der Waals surface area contributed by atoms with Crippen molar-refractivity contribution in [1.29, 1.82) is 0 Å². The second-order valence-electron chi connectivity index (χ2n) is 5.67. The van der Waals surface area contributed by atoms with Crippen LogP contribution in [-0.2, 0) is 34.5 Å². The zero-order valence-electron chi connectivity index (χ0n) is 13.9. The van der Waals surface area contributed by atoms with E-state index in [0.717, 1.165) is 29.0 Å². The number of hydrogen-bond acceptors (Lipinski definition) is 4. The van der Waals surface area contributed by atoms with Crippen molar-refractivity contribution in [1.82, 2.24) is 4.72 Å². The Morgan fingerprint density at radius 1 is 0.962 bits per heavy atom. The van der Waals surface area contributed by atoms with Crippen LogP contribution in [0, 0.1) is 5.82 Å². The van der Waals surface area contributed by atoms with Crippen LogP contribution in [-0.4, -0.2) is 8.42 Å². The van der Waals surface area contributed by atoms with Gasteiger partial charge in [0, 0.05) is 6.54 Å². The Morgan fingerprint density at radius 3 is 2.46 bits per heavy atom. The van der Waals surface area contributed by atoms with Crippen molar-refractivity contribution in [3.63, 3.8) is 0 Å². The topological polar surface area (TPSA) is 68.5 Å². The van der Waals surface area contributed by atoms with Crippen LogP contribution < -0.4 is 4.72 Å². The Hall–Kier alpha value is -2.48. The number of ether oxygens (including phenoxy) is 1. The molecule has 7 heteroatoms. The fourth-order valence-corrected chi connectivity index (χ4v) is 3.39. The number of furan rings is 1. The number of hydrogen-bond donors (Lipinski definition) is 1. The summed E-state index contributed by atoms with van der Waals surface area (Å²) in [6, 6.07) is 15.8. The molecule has 136 valence electrons. The standard InChI is InChI=1S/C19H18FNO4S/c20-17-6-8-19(9-7-17)26(22,23)21-12-15-3-1-4-16(11-15)13-24-14-18-5-2-10-25-18/h1-11,21H,12-14H2. The van der Waals surface area contributed by atoms with E-state index in [1.54, 1.807) is 12.3 Å². The third-order valence-corrected chi connectivity index (χ3v) is 5.09. The number of sulfonamides is 1. The molecule has 1 aromatic heterocycles. The second kappa shape index (κ2) is 8.27. The monoisotopic (exact) mass is 375 g/mol. The average Bonchev–Trinajstić information content (AvgIpc) is 3.14. The lowest BCUT2D eigenvalue weighted by atomic mass is 10.1. The van der Waals surface area contributed by atoms with E-state index in [9.17, 15) is 12.8 Å². The Balaban J connectivity index is 1.57. The molecular formula is C19H18FNO4S. The number of nitrogens with one attached hydrogen (secondary N) is 1. The van der Waals surface area contributed by atoms with E-state index in [1.165, 1.54) is 12.1 Å². The van der Waals surface area contributed by atoms with Crippen LogP contribution in [0.5, 0.6) is 0 Å². The van der Waals surface area contributed by atoms with Crippen LogP contribution in [0.1, 0.15) is 16.9 Å². The Bertz CT molecular complexity index is 938. The lowest BCUT2D eigenvalue weighted by molar-refractivity contribution is 0.0929. The van der Waals surface area contributed by atoms with Crippen molar-refractivity contribution in [3.05, 3.63) is 89.6 Å². The minimum atomic E-state index is -3.69. The fraction of sp³-hybridized carbons (Fsp3) is 0.158. The number of benzene rings is 2. The molecule has 0 spiro atoms. The molecule has 0 aliphatic rings. The highest BCUT2D eigenvalue weighted by atomic mass is 32.2. The third-order valence-electron chi connectivity index (χ3n) is 3.67. The Labute approximate surface area is 151 Å². The molecule has 0 radical (unpaired) electrons. The summed E-state index contributed by atoms with van der Waals surface area (Å²) in [4.78, 5) is 0.0248. The maximum atomic E-state index is 12.9. The summed E-state index contributed by atoms with van der Waals surface area (Å²) >= 11 is 0. The van der Waals surface area contributed by atoms with Gasteiger partial charge in [-0.15, -0.1) is 0 Å². The van der Waals surface area contributed by atoms with Gasteiger partial charge in [0.2, 0.25) is 10.0 Å². The highest BCUT2D eigenvalue weighted by Gasteiger charge is 2.13. The third kappa shape index (κ3) is 5.01. The van der Waals surface area contributed by atoms with E-state index in [1.807, 2.05) is 30.3 Å². The summed E-state index contributed by atoms with van der Waals surface area (Å²) in [5.41, 5.74) is 1.73. The molecule has 5 nitrogen and oxygen atoms in total. The summed E-state index contributed by atoms with van der Waals surface area (Å²) in [7, 11) is -3.69. The molecule has 0 aliphatic heterocycles. The Morgan fingerprint density at radius 2 is 1.73 bits per heavy atom. The summed E-state index contributed by atoms with van der Waals surface area (Å²) < 4.78 is 50.7. The first-order valence-corrected chi connectivity index (χ1v) is 9.44. The first kappa shape index (κ1) is 18.3. The van der Waals surface area contributed by atoms with Crippen molar-refractivity contribution < 1.29 is 22.0 Å². The van der Waals surface area contributed by atoms with E-state index in [0.29, 0.717) is 13.2 Å². The number of rotatable bonds is 8. The van der Waals surface area contributed by atoms with E-state index in [4.69, 9.17) is 9.15 Å². The molecular weight excluding hydrogens is 357 g/mol. The van der Waals surface area contributed by atoms with E-state index >= 15 is 0 Å². The van der Waals surface area contributed by atoms with Gasteiger partial charge in [-0.05, 0) is 47.5 Å². The van der Waals surface area contributed by atoms with Crippen LogP contribution in [0.25, 0.3) is 0 Å². The molecule has 0 atom stereocenters. The lowest BCUT2D eigenvalue weighted by Crippen LogP contribution is -2.23. The smallest absolute Gasteiger partial charge is 0.240 e. The molecule has 0 bridgehead atoms. The quantitative estimate of drug-likeness (QED) is 0.653. The molecule has 3 aromatic rings. The minimum Gasteiger partial charge on any atom is -0.467 e. The van der Waals surface area contributed by atoms with Gasteiger partial charge in [-0.2, -0.15) is 0 Å². The van der Waals surface area contributed by atoms with Crippen LogP contribution in [0.2, 0.25) is 0 Å². The average molecular weight is 375 g/mol. The summed E-state index contributed by atoms with van der Waals surface area (Å²) in [5.74, 6) is 0.263. The van der Waals surface area contributed by atoms with Crippen molar-refractivity contribution >= 4 is 10.0 Å². The zero-order valence-corrected chi connectivity index (χ0v) is 14.7. The van der Waals surface area contributed by atoms with Gasteiger partial charge in [0.1, 0.15) is 18.2 Å². The summed E-state index contributed by atoms with van der Waals surface area (Å²) in [6.07, 6.45) is 1.59. The molecule has 2 aromatic carbocycles. The van der Waals surface area contributed by atoms with Gasteiger partial charge >= 0.3 is 0 Å². The maximum Gasteiger partial charge on any atom is 0.240 e. The molecule has 0 saturated heterocycles. The normalized spacial score (nSPS) is 11.6. The van der Waals surface area contributed by atoms with Gasteiger partial charge in [-0.1, -0.05) is 24.3 Å². The van der Waals surface area contributed by atoms with E-state index in [2.05, 4.69) is 4.72 Å². The molecule has 0 unspecified atom stereocenters. The predicted octanol–water partition coefficient (Wildman–Crippen LogP) is 3.61. The largest absolute Gasteiger partial charge is 0.467 e. The first-order chi connectivity index (χ1) is 12.5. The highest BCUT2D eigenvalue weighted by Crippen LogP contribution is 2.12. The van der Waals surface area contributed by atoms with Gasteiger partial charge in [0.05, 0.1) is 17.8 Å². The maximum absolute atomic E-state index is 12.9. The van der Waals surface area contributed by atoms with Crippen molar-refractivity contribution in [2.45, 2.75) is 24.7 Å². The van der Waals surface area contributed by atoms with Crippen LogP contribution in [0.3, 0.4) is 0 Å². The van der Waals surface area contributed by atoms with Crippen LogP contribution >= 0.6 is 0 Å². The molecule has 1 heterocycles. The lowest BCUT2D eigenvalue weighted by Gasteiger charge is -2.09. The van der Waals surface area contributed by atoms with Crippen molar-refractivity contribution in [2.24, 2.45) is 0 Å². The molecule has 0 aliphatic carbocycles. The van der Waals surface area contributed by atoms with E-state index < -0.39 is 15.8 Å². The SMILES string of the molecule is O=S(=O)(NCc1cccc(COCc2ccco2)c1)c1ccc(F)cc1. The molecule has 3 rings (SSSR count). The zero-order chi connectivity index (χ0) is 18.4. The van der Waals surface area contributed by atoms with Gasteiger partial charge in [0.15, 0.2) is 0 Å². The van der Waals surface area contributed by atoms with Gasteiger partial charge in [-0.25, -0.2) is 17.5 Å². The van der Waals surface area contributed by atoms with Gasteiger partial charge in [0.25, 0.3) is 0 Å². The highest BCUT2D eigenvalue weighted by molar-refractivity contribution is 7.89. The van der Waals surface area contributed by atoms with Gasteiger partial charge < -0.3 is 9.15 Å². The molecule has 0 amide bonds. The van der Waals surface area contributed by atoms with Crippen molar-refractivity contribution in [3.8, 4) is 0 Å². The predicted molar refractivity (Wildman–Crippen MR) is 94.1 cm³/mol. The van der Waals surface area contributed by atoms with E-state index in [-0.39, 0.29) is 11.4 Å². The Kier molecular flexibility index (Phi) is 5.82. The molecule has 1 N–H and O–H groups in total. The first-order valence-electron chi connectivity index (χ1n) is 7.96.